The summed E-state index contributed by atoms with van der Waals surface area (Å²) in [5, 5.41) is 0. The van der Waals surface area contributed by atoms with E-state index < -0.39 is 0 Å². The third-order valence-corrected chi connectivity index (χ3v) is 6.17. The molecular formula is C24H29N3O3S. The number of carbonyl (C=O) groups excluding carboxylic acids is 2. The lowest BCUT2D eigenvalue weighted by atomic mass is 10.1. The molecule has 164 valence electrons. The fraction of sp³-hybridized carbons (Fsp3) is 0.375. The van der Waals surface area contributed by atoms with Crippen molar-refractivity contribution in [3.63, 3.8) is 0 Å². The van der Waals surface area contributed by atoms with Gasteiger partial charge in [-0.3, -0.25) is 9.59 Å². The van der Waals surface area contributed by atoms with Crippen molar-refractivity contribution in [3.05, 3.63) is 57.9 Å². The molecule has 1 aromatic heterocycles. The fourth-order valence-corrected chi connectivity index (χ4v) is 4.92. The highest BCUT2D eigenvalue weighted by Gasteiger charge is 2.15. The highest BCUT2D eigenvalue weighted by atomic mass is 32.1. The Bertz CT molecular complexity index is 1160. The van der Waals surface area contributed by atoms with Gasteiger partial charge in [0.1, 0.15) is 6.54 Å². The second-order valence-electron chi connectivity index (χ2n) is 7.34. The first-order chi connectivity index (χ1) is 14.9. The summed E-state index contributed by atoms with van der Waals surface area (Å²) in [5.41, 5.74) is 4.66. The van der Waals surface area contributed by atoms with Crippen LogP contribution in [0.1, 0.15) is 42.3 Å². The molecule has 0 atom stereocenters. The Morgan fingerprint density at radius 2 is 1.74 bits per heavy atom. The van der Waals surface area contributed by atoms with Crippen LogP contribution in [0, 0.1) is 13.8 Å². The second-order valence-corrected chi connectivity index (χ2v) is 8.35. The van der Waals surface area contributed by atoms with E-state index in [2.05, 4.69) is 35.9 Å². The third kappa shape index (κ3) is 5.05. The Kier molecular flexibility index (Phi) is 7.28. The van der Waals surface area contributed by atoms with Crippen molar-refractivity contribution in [1.29, 1.82) is 0 Å². The summed E-state index contributed by atoms with van der Waals surface area (Å²) >= 11 is 1.41. The largest absolute Gasteiger partial charge is 0.465 e. The van der Waals surface area contributed by atoms with Crippen LogP contribution in [0.4, 0.5) is 5.69 Å². The van der Waals surface area contributed by atoms with Crippen LogP contribution >= 0.6 is 11.3 Å². The number of benzene rings is 2. The van der Waals surface area contributed by atoms with E-state index in [0.29, 0.717) is 17.0 Å². The number of carbonyl (C=O) groups is 2. The molecule has 0 unspecified atom stereocenters. The number of amides is 1. The van der Waals surface area contributed by atoms with Gasteiger partial charge in [-0.2, -0.15) is 4.99 Å². The monoisotopic (exact) mass is 439 g/mol. The maximum Gasteiger partial charge on any atom is 0.326 e. The zero-order chi connectivity index (χ0) is 22.5. The summed E-state index contributed by atoms with van der Waals surface area (Å²) < 4.78 is 7.92. The maximum atomic E-state index is 12.9. The minimum absolute atomic E-state index is 0.0186. The summed E-state index contributed by atoms with van der Waals surface area (Å²) in [7, 11) is 0. The molecule has 0 aliphatic rings. The van der Waals surface area contributed by atoms with Gasteiger partial charge in [-0.05, 0) is 76.1 Å². The fourth-order valence-electron chi connectivity index (χ4n) is 3.71. The first-order valence-electron chi connectivity index (χ1n) is 10.6. The van der Waals surface area contributed by atoms with Gasteiger partial charge in [0.15, 0.2) is 4.80 Å². The van der Waals surface area contributed by atoms with Gasteiger partial charge in [-0.25, -0.2) is 0 Å². The van der Waals surface area contributed by atoms with Crippen molar-refractivity contribution in [3.8, 4) is 0 Å². The number of nitrogens with zero attached hydrogens (tertiary/aromatic N) is 3. The first kappa shape index (κ1) is 22.7. The molecule has 0 radical (unpaired) electrons. The number of esters is 1. The van der Waals surface area contributed by atoms with Crippen LogP contribution in [0.25, 0.3) is 10.2 Å². The quantitative estimate of drug-likeness (QED) is 0.510. The number of ether oxygens (including phenoxy) is 1. The van der Waals surface area contributed by atoms with Gasteiger partial charge in [0.2, 0.25) is 0 Å². The van der Waals surface area contributed by atoms with Crippen LogP contribution in [-0.2, 0) is 16.1 Å². The summed E-state index contributed by atoms with van der Waals surface area (Å²) in [4.78, 5) is 32.3. The number of hydrogen-bond donors (Lipinski definition) is 0. The second kappa shape index (κ2) is 9.92. The number of rotatable bonds is 7. The smallest absolute Gasteiger partial charge is 0.326 e. The minimum atomic E-state index is -0.348. The number of hydrogen-bond acceptors (Lipinski definition) is 5. The van der Waals surface area contributed by atoms with Crippen LogP contribution in [0.5, 0.6) is 0 Å². The molecule has 7 heteroatoms. The van der Waals surface area contributed by atoms with E-state index in [4.69, 9.17) is 4.74 Å². The molecule has 0 saturated carbocycles. The molecule has 0 spiro atoms. The number of aromatic nitrogens is 1. The van der Waals surface area contributed by atoms with E-state index in [9.17, 15) is 9.59 Å². The van der Waals surface area contributed by atoms with Crippen LogP contribution in [0.15, 0.2) is 41.4 Å². The van der Waals surface area contributed by atoms with Gasteiger partial charge in [0.05, 0.1) is 16.8 Å². The van der Waals surface area contributed by atoms with Crippen LogP contribution in [0.3, 0.4) is 0 Å². The van der Waals surface area contributed by atoms with E-state index >= 15 is 0 Å². The van der Waals surface area contributed by atoms with Crippen LogP contribution in [0.2, 0.25) is 0 Å². The van der Waals surface area contributed by atoms with Crippen molar-refractivity contribution >= 4 is 39.1 Å². The minimum Gasteiger partial charge on any atom is -0.465 e. The Morgan fingerprint density at radius 1 is 1.06 bits per heavy atom. The number of aryl methyl sites for hydroxylation is 2. The van der Waals surface area contributed by atoms with Gasteiger partial charge >= 0.3 is 5.97 Å². The highest BCUT2D eigenvalue weighted by Crippen LogP contribution is 2.23. The lowest BCUT2D eigenvalue weighted by Crippen LogP contribution is -2.23. The lowest BCUT2D eigenvalue weighted by Gasteiger charge is -2.20. The number of fused-ring (bicyclic) bond motifs is 1. The zero-order valence-corrected chi connectivity index (χ0v) is 19.6. The zero-order valence-electron chi connectivity index (χ0n) is 18.8. The molecule has 31 heavy (non-hydrogen) atoms. The predicted octanol–water partition coefficient (Wildman–Crippen LogP) is 4.47. The Morgan fingerprint density at radius 3 is 2.35 bits per heavy atom. The van der Waals surface area contributed by atoms with Crippen molar-refractivity contribution < 1.29 is 14.3 Å². The molecule has 1 heterocycles. The van der Waals surface area contributed by atoms with E-state index in [0.717, 1.165) is 40.1 Å². The molecule has 0 fully saturated rings. The predicted molar refractivity (Wildman–Crippen MR) is 126 cm³/mol. The molecule has 1 amide bonds. The average molecular weight is 440 g/mol. The first-order valence-corrected chi connectivity index (χ1v) is 11.4. The highest BCUT2D eigenvalue weighted by molar-refractivity contribution is 7.16. The van der Waals surface area contributed by atoms with Crippen molar-refractivity contribution in [2.45, 2.75) is 41.2 Å². The van der Waals surface area contributed by atoms with Crippen molar-refractivity contribution in [2.24, 2.45) is 4.99 Å². The summed E-state index contributed by atoms with van der Waals surface area (Å²) in [6, 6.07) is 11.6. The normalized spacial score (nSPS) is 11.7. The molecule has 2 aromatic carbocycles. The van der Waals surface area contributed by atoms with Gasteiger partial charge in [0.25, 0.3) is 5.91 Å². The molecule has 0 bridgehead atoms. The average Bonchev–Trinajstić information content (AvgIpc) is 3.06. The topological polar surface area (TPSA) is 63.9 Å². The third-order valence-electron chi connectivity index (χ3n) is 5.14. The summed E-state index contributed by atoms with van der Waals surface area (Å²) in [6.07, 6.45) is 0. The Labute approximate surface area is 186 Å². The molecule has 6 nitrogen and oxygen atoms in total. The molecule has 0 aliphatic carbocycles. The number of thiazole rings is 1. The van der Waals surface area contributed by atoms with Gasteiger partial charge in [0, 0.05) is 24.3 Å². The molecule has 3 rings (SSSR count). The summed E-state index contributed by atoms with van der Waals surface area (Å²) in [5.74, 6) is -0.677. The molecule has 0 aliphatic heterocycles. The summed E-state index contributed by atoms with van der Waals surface area (Å²) in [6.45, 7) is 12.2. The van der Waals surface area contributed by atoms with Gasteiger partial charge < -0.3 is 14.2 Å². The van der Waals surface area contributed by atoms with Gasteiger partial charge in [-0.15, -0.1) is 0 Å². The Hall–Kier alpha value is -2.93. The molecular weight excluding hydrogens is 410 g/mol. The van der Waals surface area contributed by atoms with E-state index in [1.807, 2.05) is 26.0 Å². The van der Waals surface area contributed by atoms with Crippen molar-refractivity contribution in [2.75, 3.05) is 24.6 Å². The van der Waals surface area contributed by atoms with Gasteiger partial charge in [-0.1, -0.05) is 17.4 Å². The van der Waals surface area contributed by atoms with Crippen LogP contribution < -0.4 is 9.70 Å². The molecule has 3 aromatic rings. The maximum absolute atomic E-state index is 12.9. The molecule has 0 saturated heterocycles. The van der Waals surface area contributed by atoms with Crippen LogP contribution in [-0.4, -0.2) is 36.1 Å². The van der Waals surface area contributed by atoms with E-state index in [1.54, 1.807) is 23.6 Å². The lowest BCUT2D eigenvalue weighted by molar-refractivity contribution is -0.143. The van der Waals surface area contributed by atoms with E-state index in [-0.39, 0.29) is 18.4 Å². The Balaban J connectivity index is 2.05. The van der Waals surface area contributed by atoms with E-state index in [1.165, 1.54) is 11.3 Å². The molecule has 0 N–H and O–H groups in total. The standard InChI is InChI=1S/C24H29N3O3S/c1-6-26(7-2)19-11-9-18(10-12-19)23(29)25-24-27(15-21(28)30-8-3)22-17(5)13-16(4)14-20(22)31-24/h9-14H,6-8,15H2,1-5H3. The SMILES string of the molecule is CCOC(=O)Cn1c(=NC(=O)c2ccc(N(CC)CC)cc2)sc2cc(C)cc(C)c21. The number of anilines is 1. The van der Waals surface area contributed by atoms with Crippen molar-refractivity contribution in [1.82, 2.24) is 4.57 Å².